The van der Waals surface area contributed by atoms with Crippen molar-refractivity contribution in [2.24, 2.45) is 5.10 Å². The molecule has 3 aromatic rings. The summed E-state index contributed by atoms with van der Waals surface area (Å²) < 4.78 is 1.55. The first kappa shape index (κ1) is 15.3. The van der Waals surface area contributed by atoms with Crippen LogP contribution in [0.4, 0.5) is 11.4 Å². The number of hydrogen-bond donors (Lipinski definition) is 1. The molecule has 2 aromatic carbocycles. The summed E-state index contributed by atoms with van der Waals surface area (Å²) in [6, 6.07) is 13.7. The van der Waals surface area contributed by atoms with Gasteiger partial charge in [-0.05, 0) is 41.1 Å². The first-order valence-electron chi connectivity index (χ1n) is 7.02. The highest BCUT2D eigenvalue weighted by Crippen LogP contribution is 2.17. The lowest BCUT2D eigenvalue weighted by Crippen LogP contribution is -2.02. The normalized spacial score (nSPS) is 11.3. The van der Waals surface area contributed by atoms with E-state index in [9.17, 15) is 10.1 Å². The Balaban J connectivity index is 1.80. The summed E-state index contributed by atoms with van der Waals surface area (Å²) in [7, 11) is 0. The first-order chi connectivity index (χ1) is 11.6. The smallest absolute Gasteiger partial charge is 0.271 e. The molecule has 1 N–H and O–H groups in total. The highest BCUT2D eigenvalue weighted by atomic mass is 16.6. The van der Waals surface area contributed by atoms with Gasteiger partial charge in [0.25, 0.3) is 5.69 Å². The molecule has 0 amide bonds. The van der Waals surface area contributed by atoms with Crippen molar-refractivity contribution in [1.29, 1.82) is 0 Å². The van der Waals surface area contributed by atoms with Crippen molar-refractivity contribution in [2.45, 2.75) is 6.92 Å². The summed E-state index contributed by atoms with van der Waals surface area (Å²) in [5.41, 5.74) is 5.78. The predicted octanol–water partition coefficient (Wildman–Crippen LogP) is 2.41. The molecule has 0 fully saturated rings. The highest BCUT2D eigenvalue weighted by molar-refractivity contribution is 5.99. The molecule has 0 saturated heterocycles. The van der Waals surface area contributed by atoms with E-state index in [1.54, 1.807) is 16.8 Å². The summed E-state index contributed by atoms with van der Waals surface area (Å²) in [6.07, 6.45) is 1.51. The molecule has 24 heavy (non-hydrogen) atoms. The van der Waals surface area contributed by atoms with Crippen LogP contribution in [0.5, 0.6) is 0 Å². The summed E-state index contributed by atoms with van der Waals surface area (Å²) in [4.78, 5) is 10.3. The lowest BCUT2D eigenvalue weighted by Gasteiger charge is -2.06. The molecule has 0 bridgehead atoms. The van der Waals surface area contributed by atoms with E-state index in [4.69, 9.17) is 0 Å². The second-order valence-corrected chi connectivity index (χ2v) is 4.92. The van der Waals surface area contributed by atoms with Crippen LogP contribution in [0.15, 0.2) is 60.0 Å². The van der Waals surface area contributed by atoms with Gasteiger partial charge in [0.1, 0.15) is 6.33 Å². The predicted molar refractivity (Wildman–Crippen MR) is 88.1 cm³/mol. The van der Waals surface area contributed by atoms with Gasteiger partial charge in [0.2, 0.25) is 0 Å². The van der Waals surface area contributed by atoms with Gasteiger partial charge in [0.15, 0.2) is 0 Å². The van der Waals surface area contributed by atoms with E-state index in [0.29, 0.717) is 5.69 Å². The largest absolute Gasteiger partial charge is 0.278 e. The van der Waals surface area contributed by atoms with Crippen LogP contribution in [-0.2, 0) is 0 Å². The zero-order chi connectivity index (χ0) is 16.9. The molecule has 1 heterocycles. The standard InChI is InChI=1S/C15H13N7O2/c1-11(17-18-13-5-3-7-15(9-13)22(23)24)12-4-2-6-14(8-12)21-10-16-19-20-21/h2-10,18H,1H3/b17-11+. The fourth-order valence-corrected chi connectivity index (χ4v) is 2.06. The maximum absolute atomic E-state index is 10.8. The van der Waals surface area contributed by atoms with Gasteiger partial charge >= 0.3 is 0 Å². The average molecular weight is 323 g/mol. The molecule has 0 radical (unpaired) electrons. The lowest BCUT2D eigenvalue weighted by atomic mass is 10.1. The minimum Gasteiger partial charge on any atom is -0.278 e. The van der Waals surface area contributed by atoms with Crippen molar-refractivity contribution in [3.63, 3.8) is 0 Å². The third-order valence-electron chi connectivity index (χ3n) is 3.29. The summed E-state index contributed by atoms with van der Waals surface area (Å²) in [6.45, 7) is 1.84. The number of anilines is 1. The molecule has 0 aliphatic heterocycles. The topological polar surface area (TPSA) is 111 Å². The van der Waals surface area contributed by atoms with Crippen LogP contribution in [-0.4, -0.2) is 30.8 Å². The Bertz CT molecular complexity index is 890. The quantitative estimate of drug-likeness (QED) is 0.438. The molecule has 120 valence electrons. The van der Waals surface area contributed by atoms with Crippen molar-refractivity contribution in [3.05, 3.63) is 70.5 Å². The number of aromatic nitrogens is 4. The number of tetrazole rings is 1. The molecule has 0 atom stereocenters. The summed E-state index contributed by atoms with van der Waals surface area (Å²) in [5, 5.41) is 26.1. The Kier molecular flexibility index (Phi) is 4.23. The molecule has 9 nitrogen and oxygen atoms in total. The van der Waals surface area contributed by atoms with E-state index < -0.39 is 4.92 Å². The Hall–Kier alpha value is -3.62. The molecule has 0 unspecified atom stereocenters. The molecule has 9 heteroatoms. The number of nitrogens with zero attached hydrogens (tertiary/aromatic N) is 6. The van der Waals surface area contributed by atoms with Gasteiger partial charge < -0.3 is 0 Å². The van der Waals surface area contributed by atoms with Crippen LogP contribution in [0.25, 0.3) is 5.69 Å². The molecular formula is C15H13N7O2. The lowest BCUT2D eigenvalue weighted by molar-refractivity contribution is -0.384. The number of nitrogens with one attached hydrogen (secondary N) is 1. The number of rotatable bonds is 5. The Morgan fingerprint density at radius 3 is 2.83 bits per heavy atom. The molecule has 3 rings (SSSR count). The zero-order valence-electron chi connectivity index (χ0n) is 12.7. The Labute approximate surface area is 136 Å². The van der Waals surface area contributed by atoms with E-state index in [-0.39, 0.29) is 5.69 Å². The van der Waals surface area contributed by atoms with E-state index in [2.05, 4.69) is 26.1 Å². The maximum Gasteiger partial charge on any atom is 0.271 e. The minimum atomic E-state index is -0.447. The van der Waals surface area contributed by atoms with Crippen molar-refractivity contribution in [1.82, 2.24) is 20.2 Å². The van der Waals surface area contributed by atoms with Gasteiger partial charge in [-0.1, -0.05) is 18.2 Å². The van der Waals surface area contributed by atoms with E-state index >= 15 is 0 Å². The van der Waals surface area contributed by atoms with Crippen molar-refractivity contribution < 1.29 is 4.92 Å². The van der Waals surface area contributed by atoms with Gasteiger partial charge in [-0.3, -0.25) is 15.5 Å². The van der Waals surface area contributed by atoms with Gasteiger partial charge in [0, 0.05) is 12.1 Å². The van der Waals surface area contributed by atoms with Crippen LogP contribution in [0, 0.1) is 10.1 Å². The molecule has 0 aliphatic rings. The SMILES string of the molecule is C/C(=N\Nc1cccc([N+](=O)[O-])c1)c1cccc(-n2cnnn2)c1. The van der Waals surface area contributed by atoms with Gasteiger partial charge in [-0.25, -0.2) is 4.68 Å². The fraction of sp³-hybridized carbons (Fsp3) is 0.0667. The van der Waals surface area contributed by atoms with Crippen LogP contribution < -0.4 is 5.43 Å². The van der Waals surface area contributed by atoms with Crippen LogP contribution in [0.1, 0.15) is 12.5 Å². The molecule has 0 saturated carbocycles. The monoisotopic (exact) mass is 323 g/mol. The maximum atomic E-state index is 10.8. The number of benzene rings is 2. The van der Waals surface area contributed by atoms with Crippen molar-refractivity contribution >= 4 is 17.1 Å². The van der Waals surface area contributed by atoms with E-state index in [1.807, 2.05) is 31.2 Å². The summed E-state index contributed by atoms with van der Waals surface area (Å²) >= 11 is 0. The number of non-ortho nitro benzene ring substituents is 1. The first-order valence-corrected chi connectivity index (χ1v) is 7.02. The molecular weight excluding hydrogens is 310 g/mol. The molecule has 1 aromatic heterocycles. The number of nitro benzene ring substituents is 1. The Morgan fingerprint density at radius 1 is 1.25 bits per heavy atom. The van der Waals surface area contributed by atoms with Crippen LogP contribution in [0.3, 0.4) is 0 Å². The second kappa shape index (κ2) is 6.65. The summed E-state index contributed by atoms with van der Waals surface area (Å²) in [5.74, 6) is 0. The zero-order valence-corrected chi connectivity index (χ0v) is 12.7. The van der Waals surface area contributed by atoms with E-state index in [0.717, 1.165) is 17.0 Å². The van der Waals surface area contributed by atoms with Gasteiger partial charge in [-0.2, -0.15) is 5.10 Å². The number of nitro groups is 1. The number of hydrazone groups is 1. The third kappa shape index (κ3) is 3.40. The van der Waals surface area contributed by atoms with Gasteiger partial charge in [0.05, 0.1) is 22.0 Å². The van der Waals surface area contributed by atoms with Crippen LogP contribution in [0.2, 0.25) is 0 Å². The number of hydrogen-bond acceptors (Lipinski definition) is 7. The van der Waals surface area contributed by atoms with Crippen molar-refractivity contribution in [3.8, 4) is 5.69 Å². The van der Waals surface area contributed by atoms with Crippen molar-refractivity contribution in [2.75, 3.05) is 5.43 Å². The van der Waals surface area contributed by atoms with E-state index in [1.165, 1.54) is 18.5 Å². The minimum absolute atomic E-state index is 0.00790. The molecule has 0 spiro atoms. The highest BCUT2D eigenvalue weighted by Gasteiger charge is 2.06. The molecule has 0 aliphatic carbocycles. The van der Waals surface area contributed by atoms with Gasteiger partial charge in [-0.15, -0.1) is 5.10 Å². The fourth-order valence-electron chi connectivity index (χ4n) is 2.06. The Morgan fingerprint density at radius 2 is 2.08 bits per heavy atom. The average Bonchev–Trinajstić information content (AvgIpc) is 3.15. The third-order valence-corrected chi connectivity index (χ3v) is 3.29. The van der Waals surface area contributed by atoms with Crippen LogP contribution >= 0.6 is 0 Å². The second-order valence-electron chi connectivity index (χ2n) is 4.92.